The van der Waals surface area contributed by atoms with E-state index in [2.05, 4.69) is 9.71 Å². The number of thiazole rings is 1. The summed E-state index contributed by atoms with van der Waals surface area (Å²) in [6.07, 6.45) is 1.13. The van der Waals surface area contributed by atoms with Gasteiger partial charge in [0.2, 0.25) is 10.0 Å². The van der Waals surface area contributed by atoms with Crippen LogP contribution in [0.25, 0.3) is 20.8 Å². The first-order valence-electron chi connectivity index (χ1n) is 6.47. The molecule has 1 heterocycles. The minimum absolute atomic E-state index is 0.536. The van der Waals surface area contributed by atoms with E-state index in [1.54, 1.807) is 30.6 Å². The average molecular weight is 334 g/mol. The molecule has 0 unspecified atom stereocenters. The summed E-state index contributed by atoms with van der Waals surface area (Å²) in [5.74, 6) is 0.801. The third-order valence-corrected chi connectivity index (χ3v) is 4.70. The van der Waals surface area contributed by atoms with Gasteiger partial charge in [0.05, 0.1) is 23.6 Å². The number of nitrogens with zero attached hydrogens (tertiary/aromatic N) is 1. The van der Waals surface area contributed by atoms with Crippen molar-refractivity contribution in [3.05, 3.63) is 42.5 Å². The van der Waals surface area contributed by atoms with Crippen molar-refractivity contribution in [2.75, 3.05) is 18.1 Å². The minimum atomic E-state index is -3.26. The summed E-state index contributed by atoms with van der Waals surface area (Å²) >= 11 is 1.57. The van der Waals surface area contributed by atoms with Gasteiger partial charge in [-0.25, -0.2) is 13.4 Å². The van der Waals surface area contributed by atoms with Gasteiger partial charge in [-0.3, -0.25) is 4.72 Å². The first-order chi connectivity index (χ1) is 10.4. The molecule has 0 saturated heterocycles. The van der Waals surface area contributed by atoms with Crippen molar-refractivity contribution >= 4 is 37.3 Å². The van der Waals surface area contributed by atoms with Gasteiger partial charge in [0, 0.05) is 11.3 Å². The lowest BCUT2D eigenvalue weighted by Crippen LogP contribution is -2.09. The number of hydrogen-bond acceptors (Lipinski definition) is 5. The Morgan fingerprint density at radius 1 is 1.14 bits per heavy atom. The van der Waals surface area contributed by atoms with Crippen LogP contribution in [0.15, 0.2) is 42.5 Å². The Balaban J connectivity index is 1.93. The second-order valence-corrected chi connectivity index (χ2v) is 7.58. The largest absolute Gasteiger partial charge is 0.497 e. The smallest absolute Gasteiger partial charge is 0.229 e. The summed E-state index contributed by atoms with van der Waals surface area (Å²) < 4.78 is 31.1. The third-order valence-electron chi connectivity index (χ3n) is 3.03. The van der Waals surface area contributed by atoms with Crippen LogP contribution in [0, 0.1) is 0 Å². The Kier molecular flexibility index (Phi) is 3.76. The lowest BCUT2D eigenvalue weighted by molar-refractivity contribution is 0.415. The van der Waals surface area contributed by atoms with Crippen LogP contribution in [0.4, 0.5) is 5.69 Å². The van der Waals surface area contributed by atoms with Gasteiger partial charge in [-0.15, -0.1) is 11.3 Å². The van der Waals surface area contributed by atoms with Gasteiger partial charge < -0.3 is 4.74 Å². The maximum atomic E-state index is 11.2. The van der Waals surface area contributed by atoms with E-state index in [1.165, 1.54) is 0 Å². The number of nitrogens with one attached hydrogen (secondary N) is 1. The molecule has 0 aliphatic heterocycles. The second-order valence-electron chi connectivity index (χ2n) is 4.80. The zero-order valence-corrected chi connectivity index (χ0v) is 13.7. The van der Waals surface area contributed by atoms with Crippen LogP contribution in [0.1, 0.15) is 0 Å². The molecular formula is C15H14N2O3S2. The maximum absolute atomic E-state index is 11.2. The molecule has 114 valence electrons. The van der Waals surface area contributed by atoms with Crippen LogP contribution >= 0.6 is 11.3 Å². The fraction of sp³-hybridized carbons (Fsp3) is 0.133. The lowest BCUT2D eigenvalue weighted by atomic mass is 10.2. The minimum Gasteiger partial charge on any atom is -0.497 e. The topological polar surface area (TPSA) is 68.3 Å². The standard InChI is InChI=1S/C15H14N2O3S2/c1-20-12-7-8-13-14(9-12)21-15(16-13)10-3-5-11(6-4-10)17-22(2,18)19/h3-9,17H,1-2H3. The molecule has 0 aliphatic rings. The molecule has 5 nitrogen and oxygen atoms in total. The number of fused-ring (bicyclic) bond motifs is 1. The number of anilines is 1. The molecule has 0 atom stereocenters. The normalized spacial score (nSPS) is 11.5. The zero-order valence-electron chi connectivity index (χ0n) is 12.0. The fourth-order valence-electron chi connectivity index (χ4n) is 2.05. The maximum Gasteiger partial charge on any atom is 0.229 e. The van der Waals surface area contributed by atoms with Gasteiger partial charge in [0.15, 0.2) is 0 Å². The molecule has 3 aromatic rings. The van der Waals surface area contributed by atoms with Gasteiger partial charge in [-0.05, 0) is 42.5 Å². The molecule has 0 saturated carbocycles. The van der Waals surface area contributed by atoms with E-state index in [-0.39, 0.29) is 0 Å². The fourth-order valence-corrected chi connectivity index (χ4v) is 3.61. The van der Waals surface area contributed by atoms with Gasteiger partial charge in [0.1, 0.15) is 10.8 Å². The molecule has 0 fully saturated rings. The molecule has 0 aliphatic carbocycles. The summed E-state index contributed by atoms with van der Waals surface area (Å²) in [6.45, 7) is 0. The van der Waals surface area contributed by atoms with Gasteiger partial charge in [0.25, 0.3) is 0 Å². The average Bonchev–Trinajstić information content (AvgIpc) is 2.89. The molecule has 0 radical (unpaired) electrons. The third kappa shape index (κ3) is 3.20. The predicted octanol–water partition coefficient (Wildman–Crippen LogP) is 3.34. The number of sulfonamides is 1. The van der Waals surface area contributed by atoms with Crippen LogP contribution in [0.3, 0.4) is 0 Å². The molecule has 0 bridgehead atoms. The van der Waals surface area contributed by atoms with Crippen LogP contribution in [-0.2, 0) is 10.0 Å². The molecule has 1 aromatic heterocycles. The van der Waals surface area contributed by atoms with Crippen molar-refractivity contribution in [1.29, 1.82) is 0 Å². The highest BCUT2D eigenvalue weighted by Gasteiger charge is 2.08. The molecule has 0 spiro atoms. The Morgan fingerprint density at radius 2 is 1.86 bits per heavy atom. The van der Waals surface area contributed by atoms with E-state index in [0.717, 1.165) is 32.8 Å². The zero-order chi connectivity index (χ0) is 15.7. The number of methoxy groups -OCH3 is 1. The number of ether oxygens (including phenoxy) is 1. The van der Waals surface area contributed by atoms with E-state index in [1.807, 2.05) is 30.3 Å². The predicted molar refractivity (Wildman–Crippen MR) is 90.1 cm³/mol. The van der Waals surface area contributed by atoms with E-state index in [0.29, 0.717) is 5.69 Å². The number of aromatic nitrogens is 1. The first kappa shape index (κ1) is 14.8. The first-order valence-corrected chi connectivity index (χ1v) is 9.18. The van der Waals surface area contributed by atoms with Crippen molar-refractivity contribution < 1.29 is 13.2 Å². The molecule has 2 aromatic carbocycles. The van der Waals surface area contributed by atoms with Crippen molar-refractivity contribution in [1.82, 2.24) is 4.98 Å². The van der Waals surface area contributed by atoms with Crippen LogP contribution in [0.5, 0.6) is 5.75 Å². The van der Waals surface area contributed by atoms with Crippen LogP contribution in [-0.4, -0.2) is 26.8 Å². The SMILES string of the molecule is COc1ccc2nc(-c3ccc(NS(C)(=O)=O)cc3)sc2c1. The van der Waals surface area contributed by atoms with Crippen molar-refractivity contribution in [3.63, 3.8) is 0 Å². The monoisotopic (exact) mass is 334 g/mol. The number of benzene rings is 2. The van der Waals surface area contributed by atoms with Gasteiger partial charge >= 0.3 is 0 Å². The molecule has 0 amide bonds. The molecule has 7 heteroatoms. The lowest BCUT2D eigenvalue weighted by Gasteiger charge is -2.03. The summed E-state index contributed by atoms with van der Waals surface area (Å²) in [6, 6.07) is 12.9. The molecule has 1 N–H and O–H groups in total. The Labute approximate surface area is 132 Å². The summed E-state index contributed by atoms with van der Waals surface area (Å²) in [5.41, 5.74) is 2.40. The van der Waals surface area contributed by atoms with Crippen LogP contribution < -0.4 is 9.46 Å². The van der Waals surface area contributed by atoms with Gasteiger partial charge in [-0.1, -0.05) is 0 Å². The van der Waals surface area contributed by atoms with Crippen molar-refractivity contribution in [3.8, 4) is 16.3 Å². The molecular weight excluding hydrogens is 320 g/mol. The van der Waals surface area contributed by atoms with E-state index in [4.69, 9.17) is 4.74 Å². The summed E-state index contributed by atoms with van der Waals surface area (Å²) in [7, 11) is -1.62. The second kappa shape index (κ2) is 5.58. The summed E-state index contributed by atoms with van der Waals surface area (Å²) in [5, 5.41) is 0.883. The quantitative estimate of drug-likeness (QED) is 0.794. The van der Waals surface area contributed by atoms with E-state index < -0.39 is 10.0 Å². The van der Waals surface area contributed by atoms with Crippen molar-refractivity contribution in [2.45, 2.75) is 0 Å². The highest BCUT2D eigenvalue weighted by molar-refractivity contribution is 7.92. The Bertz CT molecular complexity index is 916. The Hall–Kier alpha value is -2.12. The highest BCUT2D eigenvalue weighted by atomic mass is 32.2. The van der Waals surface area contributed by atoms with E-state index in [9.17, 15) is 8.42 Å². The number of hydrogen-bond donors (Lipinski definition) is 1. The van der Waals surface area contributed by atoms with Gasteiger partial charge in [-0.2, -0.15) is 0 Å². The molecule has 22 heavy (non-hydrogen) atoms. The number of rotatable bonds is 4. The van der Waals surface area contributed by atoms with Crippen LogP contribution in [0.2, 0.25) is 0 Å². The Morgan fingerprint density at radius 3 is 2.50 bits per heavy atom. The summed E-state index contributed by atoms with van der Waals surface area (Å²) in [4.78, 5) is 4.59. The highest BCUT2D eigenvalue weighted by Crippen LogP contribution is 2.32. The van der Waals surface area contributed by atoms with E-state index >= 15 is 0 Å². The molecule has 3 rings (SSSR count). The van der Waals surface area contributed by atoms with Crippen molar-refractivity contribution in [2.24, 2.45) is 0 Å².